The first-order chi connectivity index (χ1) is 14.6. The standard InChI is InChI=1S/C26H38N2O2S/c1-15(2)27-25(31)28(16(3)4)24(30)23-11-10-22-21-8-6-17-14-18(29)7-9-19(17)20(21)12-13-26(22,23)5/h7,9,14-16,20-23,29H,6,8,10-13H2,1-5H3,(H,27,31)/t20-,21-,22+,23-,26+/m1/s1. The Morgan fingerprint density at radius 2 is 1.94 bits per heavy atom. The molecule has 5 heteroatoms. The summed E-state index contributed by atoms with van der Waals surface area (Å²) in [5.74, 6) is 2.45. The molecule has 1 aromatic carbocycles. The quantitative estimate of drug-likeness (QED) is 0.617. The number of aromatic hydroxyl groups is 1. The summed E-state index contributed by atoms with van der Waals surface area (Å²) >= 11 is 5.64. The van der Waals surface area contributed by atoms with Gasteiger partial charge in [0.05, 0.1) is 0 Å². The number of aryl methyl sites for hydroxylation is 1. The largest absolute Gasteiger partial charge is 0.508 e. The van der Waals surface area contributed by atoms with Gasteiger partial charge in [-0.2, -0.15) is 0 Å². The van der Waals surface area contributed by atoms with Gasteiger partial charge in [0, 0.05) is 18.0 Å². The zero-order valence-corrected chi connectivity index (χ0v) is 20.5. The van der Waals surface area contributed by atoms with Gasteiger partial charge >= 0.3 is 0 Å². The normalized spacial score (nSPS) is 31.7. The predicted octanol–water partition coefficient (Wildman–Crippen LogP) is 5.38. The molecule has 31 heavy (non-hydrogen) atoms. The second-order valence-corrected chi connectivity index (χ2v) is 11.3. The molecule has 3 aliphatic carbocycles. The fourth-order valence-electron chi connectivity index (χ4n) is 7.05. The molecule has 0 aromatic heterocycles. The number of amides is 1. The minimum absolute atomic E-state index is 0.0489. The molecule has 1 amide bonds. The number of nitrogens with one attached hydrogen (secondary N) is 1. The molecule has 0 bridgehead atoms. The van der Waals surface area contributed by atoms with Gasteiger partial charge in [-0.1, -0.05) is 13.0 Å². The number of thiocarbonyl (C=S) groups is 1. The van der Waals surface area contributed by atoms with E-state index in [1.165, 1.54) is 17.5 Å². The number of phenols is 1. The number of nitrogens with zero attached hydrogens (tertiary/aromatic N) is 1. The molecule has 0 heterocycles. The first kappa shape index (κ1) is 22.6. The first-order valence-electron chi connectivity index (χ1n) is 12.1. The van der Waals surface area contributed by atoms with Crippen LogP contribution in [0.3, 0.4) is 0 Å². The number of carbonyl (C=O) groups excluding carboxylic acids is 1. The SMILES string of the molecule is CC(C)NC(=S)N(C(=O)[C@H]1CC[C@H]2[C@@H]3CCc4cc(O)ccc4[C@H]3CC[C@]12C)C(C)C. The van der Waals surface area contributed by atoms with Crippen LogP contribution in [0.5, 0.6) is 5.75 Å². The van der Waals surface area contributed by atoms with Gasteiger partial charge in [-0.3, -0.25) is 9.69 Å². The summed E-state index contributed by atoms with van der Waals surface area (Å²) in [5, 5.41) is 13.8. The molecule has 2 N–H and O–H groups in total. The third-order valence-electron chi connectivity index (χ3n) is 8.39. The number of carbonyl (C=O) groups is 1. The molecule has 0 aliphatic heterocycles. The number of rotatable bonds is 3. The van der Waals surface area contributed by atoms with Gasteiger partial charge in [-0.15, -0.1) is 0 Å². The second kappa shape index (κ2) is 8.38. The summed E-state index contributed by atoms with van der Waals surface area (Å²) in [6, 6.07) is 6.23. The first-order valence-corrected chi connectivity index (χ1v) is 12.5. The van der Waals surface area contributed by atoms with E-state index in [-0.39, 0.29) is 29.3 Å². The van der Waals surface area contributed by atoms with Crippen LogP contribution in [0.25, 0.3) is 0 Å². The highest BCUT2D eigenvalue weighted by atomic mass is 32.1. The maximum absolute atomic E-state index is 13.8. The summed E-state index contributed by atoms with van der Waals surface area (Å²) in [5.41, 5.74) is 2.82. The second-order valence-electron chi connectivity index (χ2n) is 10.9. The van der Waals surface area contributed by atoms with E-state index in [1.807, 2.05) is 17.0 Å². The van der Waals surface area contributed by atoms with Crippen molar-refractivity contribution in [2.24, 2.45) is 23.2 Å². The van der Waals surface area contributed by atoms with Crippen LogP contribution in [-0.4, -0.2) is 33.1 Å². The van der Waals surface area contributed by atoms with Crippen molar-refractivity contribution in [3.8, 4) is 5.75 Å². The van der Waals surface area contributed by atoms with Crippen molar-refractivity contribution in [1.82, 2.24) is 10.2 Å². The fraction of sp³-hybridized carbons (Fsp3) is 0.692. The molecule has 4 rings (SSSR count). The minimum atomic E-state index is 0.0489. The Morgan fingerprint density at radius 3 is 2.61 bits per heavy atom. The molecule has 3 aliphatic rings. The van der Waals surface area contributed by atoms with Crippen LogP contribution in [0, 0.1) is 23.2 Å². The molecule has 2 saturated carbocycles. The van der Waals surface area contributed by atoms with E-state index in [0.717, 1.165) is 32.1 Å². The van der Waals surface area contributed by atoms with E-state index < -0.39 is 0 Å². The lowest BCUT2D eigenvalue weighted by Crippen LogP contribution is -2.54. The van der Waals surface area contributed by atoms with Crippen LogP contribution in [0.2, 0.25) is 0 Å². The van der Waals surface area contributed by atoms with Crippen molar-refractivity contribution in [1.29, 1.82) is 0 Å². The zero-order chi connectivity index (χ0) is 22.5. The van der Waals surface area contributed by atoms with Crippen LogP contribution in [0.15, 0.2) is 18.2 Å². The van der Waals surface area contributed by atoms with Crippen LogP contribution >= 0.6 is 12.2 Å². The van der Waals surface area contributed by atoms with Crippen molar-refractivity contribution in [3.63, 3.8) is 0 Å². The summed E-state index contributed by atoms with van der Waals surface area (Å²) in [4.78, 5) is 15.7. The Morgan fingerprint density at radius 1 is 1.19 bits per heavy atom. The van der Waals surface area contributed by atoms with E-state index >= 15 is 0 Å². The van der Waals surface area contributed by atoms with E-state index in [0.29, 0.717) is 28.6 Å². The lowest BCUT2D eigenvalue weighted by Gasteiger charge is -2.51. The van der Waals surface area contributed by atoms with E-state index in [2.05, 4.69) is 46.0 Å². The fourth-order valence-corrected chi connectivity index (χ4v) is 7.58. The van der Waals surface area contributed by atoms with Gasteiger partial charge in [-0.05, 0) is 125 Å². The molecule has 0 saturated heterocycles. The van der Waals surface area contributed by atoms with E-state index in [1.54, 1.807) is 0 Å². The highest BCUT2D eigenvalue weighted by molar-refractivity contribution is 7.80. The van der Waals surface area contributed by atoms with Gasteiger partial charge < -0.3 is 10.4 Å². The molecule has 5 atom stereocenters. The third-order valence-corrected chi connectivity index (χ3v) is 8.71. The van der Waals surface area contributed by atoms with Gasteiger partial charge in [-0.25, -0.2) is 0 Å². The van der Waals surface area contributed by atoms with E-state index in [9.17, 15) is 9.90 Å². The number of hydrogen-bond acceptors (Lipinski definition) is 3. The van der Waals surface area contributed by atoms with Crippen LogP contribution in [0.4, 0.5) is 0 Å². The highest BCUT2D eigenvalue weighted by Crippen LogP contribution is 2.63. The summed E-state index contributed by atoms with van der Waals surface area (Å²) < 4.78 is 0. The van der Waals surface area contributed by atoms with Crippen molar-refractivity contribution >= 4 is 23.2 Å². The van der Waals surface area contributed by atoms with Gasteiger partial charge in [0.15, 0.2) is 5.11 Å². The van der Waals surface area contributed by atoms with Crippen LogP contribution in [-0.2, 0) is 11.2 Å². The Bertz CT molecular complexity index is 867. The Kier molecular flexibility index (Phi) is 6.10. The molecule has 4 nitrogen and oxygen atoms in total. The van der Waals surface area contributed by atoms with Crippen molar-refractivity contribution in [2.75, 3.05) is 0 Å². The molecular formula is C26H38N2O2S. The number of benzene rings is 1. The molecule has 0 spiro atoms. The number of phenolic OH excluding ortho intramolecular Hbond substituents is 1. The lowest BCUT2D eigenvalue weighted by atomic mass is 9.54. The van der Waals surface area contributed by atoms with Crippen LogP contribution in [0.1, 0.15) is 83.8 Å². The predicted molar refractivity (Wildman–Crippen MR) is 129 cm³/mol. The van der Waals surface area contributed by atoms with E-state index in [4.69, 9.17) is 12.2 Å². The third kappa shape index (κ3) is 3.88. The Balaban J connectivity index is 1.58. The molecule has 170 valence electrons. The van der Waals surface area contributed by atoms with Crippen molar-refractivity contribution in [2.45, 2.75) is 91.1 Å². The summed E-state index contributed by atoms with van der Waals surface area (Å²) in [6.07, 6.45) is 6.54. The van der Waals surface area contributed by atoms with Gasteiger partial charge in [0.2, 0.25) is 5.91 Å². The molecule has 0 radical (unpaired) electrons. The number of hydrogen-bond donors (Lipinski definition) is 2. The molecular weight excluding hydrogens is 404 g/mol. The summed E-state index contributed by atoms with van der Waals surface area (Å²) in [6.45, 7) is 10.6. The van der Waals surface area contributed by atoms with Crippen molar-refractivity contribution in [3.05, 3.63) is 29.3 Å². The Hall–Kier alpha value is -1.62. The minimum Gasteiger partial charge on any atom is -0.508 e. The maximum atomic E-state index is 13.8. The Labute approximate surface area is 192 Å². The molecule has 1 aromatic rings. The maximum Gasteiger partial charge on any atom is 0.232 e. The number of fused-ring (bicyclic) bond motifs is 5. The lowest BCUT2D eigenvalue weighted by molar-refractivity contribution is -0.138. The average molecular weight is 443 g/mol. The highest BCUT2D eigenvalue weighted by Gasteiger charge is 2.57. The van der Waals surface area contributed by atoms with Gasteiger partial charge in [0.1, 0.15) is 5.75 Å². The average Bonchev–Trinajstić information content (AvgIpc) is 3.03. The van der Waals surface area contributed by atoms with Gasteiger partial charge in [0.25, 0.3) is 0 Å². The topological polar surface area (TPSA) is 52.6 Å². The summed E-state index contributed by atoms with van der Waals surface area (Å²) in [7, 11) is 0. The molecule has 0 unspecified atom stereocenters. The van der Waals surface area contributed by atoms with Crippen LogP contribution < -0.4 is 5.32 Å². The smallest absolute Gasteiger partial charge is 0.232 e. The zero-order valence-electron chi connectivity index (χ0n) is 19.6. The monoisotopic (exact) mass is 442 g/mol. The van der Waals surface area contributed by atoms with Crippen molar-refractivity contribution < 1.29 is 9.90 Å². The molecule has 2 fully saturated rings.